The van der Waals surface area contributed by atoms with E-state index in [0.717, 1.165) is 44.1 Å². The Kier molecular flexibility index (Phi) is 5.56. The average molecular weight is 350 g/mol. The largest absolute Gasteiger partial charge is 0.353 e. The zero-order valence-corrected chi connectivity index (χ0v) is 14.7. The fourth-order valence-electron chi connectivity index (χ4n) is 3.40. The van der Waals surface area contributed by atoms with Crippen molar-refractivity contribution in [3.63, 3.8) is 0 Å². The van der Waals surface area contributed by atoms with Gasteiger partial charge in [-0.15, -0.1) is 0 Å². The SMILES string of the molecule is O=C(Cc1ccccc1)N[C@H]1CCC[C@@H](CNS(=O)(=O)C2CC2)C1. The molecule has 0 saturated heterocycles. The molecule has 1 aromatic carbocycles. The van der Waals surface area contributed by atoms with E-state index in [9.17, 15) is 13.2 Å². The van der Waals surface area contributed by atoms with Crippen LogP contribution in [0.5, 0.6) is 0 Å². The lowest BCUT2D eigenvalue weighted by Crippen LogP contribution is -2.42. The molecule has 0 spiro atoms. The first-order valence-corrected chi connectivity index (χ1v) is 10.4. The molecular formula is C18H26N2O3S. The highest BCUT2D eigenvalue weighted by atomic mass is 32.2. The van der Waals surface area contributed by atoms with Crippen molar-refractivity contribution < 1.29 is 13.2 Å². The molecule has 0 bridgehead atoms. The van der Waals surface area contributed by atoms with E-state index in [4.69, 9.17) is 0 Å². The molecule has 6 heteroatoms. The predicted molar refractivity (Wildman–Crippen MR) is 94.0 cm³/mol. The van der Waals surface area contributed by atoms with Crippen LogP contribution in [-0.2, 0) is 21.2 Å². The lowest BCUT2D eigenvalue weighted by atomic mass is 9.85. The number of carbonyl (C=O) groups excluding carboxylic acids is 1. The predicted octanol–water partition coefficient (Wildman–Crippen LogP) is 1.99. The second-order valence-electron chi connectivity index (χ2n) is 7.05. The third-order valence-electron chi connectivity index (χ3n) is 4.89. The van der Waals surface area contributed by atoms with Crippen LogP contribution >= 0.6 is 0 Å². The molecule has 132 valence electrons. The van der Waals surface area contributed by atoms with E-state index in [1.54, 1.807) is 0 Å². The van der Waals surface area contributed by atoms with Gasteiger partial charge in [-0.1, -0.05) is 36.8 Å². The van der Waals surface area contributed by atoms with Gasteiger partial charge in [0.2, 0.25) is 15.9 Å². The molecule has 0 aliphatic heterocycles. The maximum Gasteiger partial charge on any atom is 0.224 e. The summed E-state index contributed by atoms with van der Waals surface area (Å²) >= 11 is 0. The fraction of sp³-hybridized carbons (Fsp3) is 0.611. The van der Waals surface area contributed by atoms with E-state index in [-0.39, 0.29) is 17.2 Å². The lowest BCUT2D eigenvalue weighted by Gasteiger charge is -2.30. The normalized spacial score (nSPS) is 24.5. The molecule has 2 aliphatic carbocycles. The minimum Gasteiger partial charge on any atom is -0.353 e. The van der Waals surface area contributed by atoms with Gasteiger partial charge < -0.3 is 5.32 Å². The number of benzene rings is 1. The van der Waals surface area contributed by atoms with Crippen LogP contribution in [0.15, 0.2) is 30.3 Å². The van der Waals surface area contributed by atoms with Crippen LogP contribution in [0.25, 0.3) is 0 Å². The molecule has 0 heterocycles. The van der Waals surface area contributed by atoms with Crippen molar-refractivity contribution in [3.05, 3.63) is 35.9 Å². The van der Waals surface area contributed by atoms with Gasteiger partial charge in [0.25, 0.3) is 0 Å². The molecule has 5 nitrogen and oxygen atoms in total. The first-order valence-electron chi connectivity index (χ1n) is 8.85. The summed E-state index contributed by atoms with van der Waals surface area (Å²) in [6.45, 7) is 0.504. The van der Waals surface area contributed by atoms with Crippen LogP contribution in [0.2, 0.25) is 0 Å². The van der Waals surface area contributed by atoms with Crippen LogP contribution in [0.3, 0.4) is 0 Å². The topological polar surface area (TPSA) is 75.3 Å². The Morgan fingerprint density at radius 2 is 1.83 bits per heavy atom. The van der Waals surface area contributed by atoms with Crippen LogP contribution in [0.1, 0.15) is 44.1 Å². The molecule has 1 amide bonds. The quantitative estimate of drug-likeness (QED) is 0.790. The van der Waals surface area contributed by atoms with E-state index in [1.807, 2.05) is 30.3 Å². The van der Waals surface area contributed by atoms with Gasteiger partial charge in [-0.3, -0.25) is 4.79 Å². The monoisotopic (exact) mass is 350 g/mol. The van der Waals surface area contributed by atoms with E-state index in [0.29, 0.717) is 18.9 Å². The number of carbonyl (C=O) groups is 1. The number of rotatable bonds is 7. The molecule has 0 aromatic heterocycles. The van der Waals surface area contributed by atoms with Crippen molar-refractivity contribution in [1.29, 1.82) is 0 Å². The summed E-state index contributed by atoms with van der Waals surface area (Å²) in [5, 5.41) is 2.95. The van der Waals surface area contributed by atoms with E-state index in [1.165, 1.54) is 0 Å². The standard InChI is InChI=1S/C18H26N2O3S/c21-18(12-14-5-2-1-3-6-14)20-16-8-4-7-15(11-16)13-19-24(22,23)17-9-10-17/h1-3,5-6,15-17,19H,4,7-13H2,(H,20,21)/t15-,16+/m1/s1. The number of nitrogens with one attached hydrogen (secondary N) is 2. The van der Waals surface area contributed by atoms with Crippen LogP contribution in [0.4, 0.5) is 0 Å². The zero-order chi connectivity index (χ0) is 17.0. The summed E-state index contributed by atoms with van der Waals surface area (Å²) in [5.41, 5.74) is 1.01. The van der Waals surface area contributed by atoms with Gasteiger partial charge in [-0.25, -0.2) is 13.1 Å². The molecule has 2 saturated carbocycles. The number of sulfonamides is 1. The van der Waals surface area contributed by atoms with Crippen molar-refractivity contribution >= 4 is 15.9 Å². The summed E-state index contributed by atoms with van der Waals surface area (Å²) in [4.78, 5) is 12.2. The van der Waals surface area contributed by atoms with E-state index < -0.39 is 10.0 Å². The van der Waals surface area contributed by atoms with Crippen LogP contribution in [0, 0.1) is 5.92 Å². The molecule has 2 aliphatic rings. The Hall–Kier alpha value is -1.40. The maximum atomic E-state index is 12.2. The van der Waals surface area contributed by atoms with Gasteiger partial charge in [-0.05, 0) is 43.6 Å². The second kappa shape index (κ2) is 7.66. The van der Waals surface area contributed by atoms with Crippen molar-refractivity contribution in [2.24, 2.45) is 5.92 Å². The van der Waals surface area contributed by atoms with Gasteiger partial charge in [-0.2, -0.15) is 0 Å². The van der Waals surface area contributed by atoms with Gasteiger partial charge in [0.1, 0.15) is 0 Å². The van der Waals surface area contributed by atoms with Crippen molar-refractivity contribution in [3.8, 4) is 0 Å². The lowest BCUT2D eigenvalue weighted by molar-refractivity contribution is -0.121. The second-order valence-corrected chi connectivity index (χ2v) is 9.10. The number of hydrogen-bond donors (Lipinski definition) is 2. The first-order chi connectivity index (χ1) is 11.5. The highest BCUT2D eigenvalue weighted by Crippen LogP contribution is 2.29. The van der Waals surface area contributed by atoms with Gasteiger partial charge in [0, 0.05) is 12.6 Å². The number of amides is 1. The molecule has 2 fully saturated rings. The van der Waals surface area contributed by atoms with Gasteiger partial charge in [0.05, 0.1) is 11.7 Å². The summed E-state index contributed by atoms with van der Waals surface area (Å²) < 4.78 is 26.6. The summed E-state index contributed by atoms with van der Waals surface area (Å²) in [7, 11) is -3.11. The summed E-state index contributed by atoms with van der Waals surface area (Å²) in [5.74, 6) is 0.361. The minimum atomic E-state index is -3.11. The molecular weight excluding hydrogens is 324 g/mol. The summed E-state index contributed by atoms with van der Waals surface area (Å²) in [6.07, 6.45) is 5.87. The van der Waals surface area contributed by atoms with Crippen molar-refractivity contribution in [1.82, 2.24) is 10.0 Å². The highest BCUT2D eigenvalue weighted by molar-refractivity contribution is 7.90. The third kappa shape index (κ3) is 5.05. The minimum absolute atomic E-state index is 0.0467. The summed E-state index contributed by atoms with van der Waals surface area (Å²) in [6, 6.07) is 9.88. The van der Waals surface area contributed by atoms with Crippen molar-refractivity contribution in [2.75, 3.05) is 6.54 Å². The third-order valence-corrected chi connectivity index (χ3v) is 6.81. The average Bonchev–Trinajstić information content (AvgIpc) is 3.40. The zero-order valence-electron chi connectivity index (χ0n) is 13.9. The fourth-order valence-corrected chi connectivity index (χ4v) is 4.86. The smallest absolute Gasteiger partial charge is 0.224 e. The molecule has 0 radical (unpaired) electrons. The molecule has 24 heavy (non-hydrogen) atoms. The van der Waals surface area contributed by atoms with Crippen molar-refractivity contribution in [2.45, 2.75) is 56.2 Å². The molecule has 0 unspecified atom stereocenters. The number of hydrogen-bond acceptors (Lipinski definition) is 3. The molecule has 3 rings (SSSR count). The molecule has 2 atom stereocenters. The Labute approximate surface area is 144 Å². The molecule has 2 N–H and O–H groups in total. The Morgan fingerprint density at radius 3 is 2.54 bits per heavy atom. The maximum absolute atomic E-state index is 12.2. The first kappa shape index (κ1) is 17.4. The molecule has 1 aromatic rings. The van der Waals surface area contributed by atoms with E-state index >= 15 is 0 Å². The van der Waals surface area contributed by atoms with E-state index in [2.05, 4.69) is 10.0 Å². The highest BCUT2D eigenvalue weighted by Gasteiger charge is 2.36. The Bertz CT molecular complexity index is 656. The Morgan fingerprint density at radius 1 is 1.08 bits per heavy atom. The van der Waals surface area contributed by atoms with Gasteiger partial charge in [0.15, 0.2) is 0 Å². The Balaban J connectivity index is 1.44. The van der Waals surface area contributed by atoms with Crippen LogP contribution in [-0.4, -0.2) is 32.2 Å². The van der Waals surface area contributed by atoms with Crippen LogP contribution < -0.4 is 10.0 Å². The van der Waals surface area contributed by atoms with Gasteiger partial charge >= 0.3 is 0 Å².